The molecule has 104 valence electrons. The summed E-state index contributed by atoms with van der Waals surface area (Å²) in [5, 5.41) is 0. The Kier molecular flexibility index (Phi) is 5.55. The largest absolute Gasteiger partial charge is 0.462 e. The number of hydrogen-bond donors (Lipinski definition) is 0. The van der Waals surface area contributed by atoms with E-state index in [0.717, 1.165) is 5.56 Å². The zero-order chi connectivity index (χ0) is 14.4. The van der Waals surface area contributed by atoms with Crippen molar-refractivity contribution in [3.63, 3.8) is 0 Å². The van der Waals surface area contributed by atoms with Crippen LogP contribution in [0.1, 0.15) is 56.0 Å². The first kappa shape index (κ1) is 15.2. The van der Waals surface area contributed by atoms with Gasteiger partial charge in [-0.2, -0.15) is 0 Å². The molecule has 0 aliphatic carbocycles. The third-order valence-electron chi connectivity index (χ3n) is 2.68. The van der Waals surface area contributed by atoms with Crippen molar-refractivity contribution >= 4 is 11.9 Å². The first-order valence-electron chi connectivity index (χ1n) is 6.51. The molecule has 0 aliphatic heterocycles. The molecule has 4 nitrogen and oxygen atoms in total. The van der Waals surface area contributed by atoms with Gasteiger partial charge in [-0.3, -0.25) is 4.79 Å². The van der Waals surface area contributed by atoms with Crippen LogP contribution in [0, 0.1) is 0 Å². The molecule has 0 saturated carbocycles. The van der Waals surface area contributed by atoms with Gasteiger partial charge in [-0.15, -0.1) is 0 Å². The van der Waals surface area contributed by atoms with Gasteiger partial charge in [0.25, 0.3) is 0 Å². The Balaban J connectivity index is 3.14. The van der Waals surface area contributed by atoms with E-state index in [1.807, 2.05) is 19.9 Å². The minimum atomic E-state index is -0.469. The molecule has 0 unspecified atom stereocenters. The molecule has 0 saturated heterocycles. The van der Waals surface area contributed by atoms with E-state index >= 15 is 0 Å². The van der Waals surface area contributed by atoms with Gasteiger partial charge in [0.05, 0.1) is 6.61 Å². The first-order chi connectivity index (χ1) is 8.99. The van der Waals surface area contributed by atoms with Crippen molar-refractivity contribution in [3.8, 4) is 5.75 Å². The highest BCUT2D eigenvalue weighted by atomic mass is 16.5. The normalized spacial score (nSPS) is 10.4. The quantitative estimate of drug-likeness (QED) is 0.605. The summed E-state index contributed by atoms with van der Waals surface area (Å²) >= 11 is 0. The van der Waals surface area contributed by atoms with Crippen LogP contribution >= 0.6 is 0 Å². The van der Waals surface area contributed by atoms with Gasteiger partial charge in [-0.25, -0.2) is 4.79 Å². The number of hydrogen-bond acceptors (Lipinski definition) is 4. The van der Waals surface area contributed by atoms with E-state index in [0.29, 0.717) is 5.56 Å². The number of carbonyl (C=O) groups is 2. The molecule has 0 fully saturated rings. The number of ether oxygens (including phenoxy) is 2. The zero-order valence-corrected chi connectivity index (χ0v) is 11.9. The lowest BCUT2D eigenvalue weighted by Crippen LogP contribution is -2.12. The molecule has 1 aromatic carbocycles. The van der Waals surface area contributed by atoms with Gasteiger partial charge in [-0.05, 0) is 30.5 Å². The van der Waals surface area contributed by atoms with Crippen LogP contribution in [0.4, 0.5) is 0 Å². The van der Waals surface area contributed by atoms with E-state index in [1.54, 1.807) is 26.0 Å². The summed E-state index contributed by atoms with van der Waals surface area (Å²) in [4.78, 5) is 23.3. The van der Waals surface area contributed by atoms with Crippen LogP contribution in [0.25, 0.3) is 0 Å². The van der Waals surface area contributed by atoms with Gasteiger partial charge < -0.3 is 9.47 Å². The number of esters is 2. The van der Waals surface area contributed by atoms with Crippen molar-refractivity contribution in [3.05, 3.63) is 29.3 Å². The molecule has 0 aliphatic rings. The Labute approximate surface area is 113 Å². The van der Waals surface area contributed by atoms with Crippen LogP contribution in [0.15, 0.2) is 18.2 Å². The molecule has 1 aromatic rings. The summed E-state index contributed by atoms with van der Waals surface area (Å²) in [6.45, 7) is 7.78. The van der Waals surface area contributed by atoms with E-state index in [9.17, 15) is 9.59 Å². The highest BCUT2D eigenvalue weighted by Gasteiger charge is 2.17. The second kappa shape index (κ2) is 6.92. The summed E-state index contributed by atoms with van der Waals surface area (Å²) in [7, 11) is 0. The van der Waals surface area contributed by atoms with Gasteiger partial charge in [0, 0.05) is 6.42 Å². The fourth-order valence-corrected chi connectivity index (χ4v) is 1.56. The maximum atomic E-state index is 11.9. The number of carbonyl (C=O) groups excluding carboxylic acids is 2. The van der Waals surface area contributed by atoms with Gasteiger partial charge in [0.1, 0.15) is 11.3 Å². The van der Waals surface area contributed by atoms with E-state index in [4.69, 9.17) is 9.47 Å². The van der Waals surface area contributed by atoms with Crippen molar-refractivity contribution in [1.29, 1.82) is 0 Å². The van der Waals surface area contributed by atoms with Crippen molar-refractivity contribution in [2.24, 2.45) is 0 Å². The first-order valence-corrected chi connectivity index (χ1v) is 6.51. The summed E-state index contributed by atoms with van der Waals surface area (Å²) in [6.07, 6.45) is 0.258. The maximum absolute atomic E-state index is 11.9. The van der Waals surface area contributed by atoms with Gasteiger partial charge in [-0.1, -0.05) is 26.8 Å². The zero-order valence-electron chi connectivity index (χ0n) is 11.9. The molecule has 0 atom stereocenters. The Morgan fingerprint density at radius 3 is 2.42 bits per heavy atom. The molecule has 0 aromatic heterocycles. The Bertz CT molecular complexity index is 463. The molecule has 0 radical (unpaired) electrons. The predicted molar refractivity (Wildman–Crippen MR) is 72.4 cm³/mol. The number of benzene rings is 1. The van der Waals surface area contributed by atoms with Gasteiger partial charge in [0.15, 0.2) is 0 Å². The van der Waals surface area contributed by atoms with E-state index < -0.39 is 5.97 Å². The van der Waals surface area contributed by atoms with Crippen LogP contribution in [0.5, 0.6) is 5.75 Å². The van der Waals surface area contributed by atoms with Crippen LogP contribution in [0.3, 0.4) is 0 Å². The molecular weight excluding hydrogens is 244 g/mol. The second-order valence-electron chi connectivity index (χ2n) is 4.46. The van der Waals surface area contributed by atoms with Gasteiger partial charge >= 0.3 is 11.9 Å². The third-order valence-corrected chi connectivity index (χ3v) is 2.68. The van der Waals surface area contributed by atoms with Gasteiger partial charge in [0.2, 0.25) is 0 Å². The highest BCUT2D eigenvalue weighted by molar-refractivity contribution is 5.93. The highest BCUT2D eigenvalue weighted by Crippen LogP contribution is 2.25. The monoisotopic (exact) mass is 264 g/mol. The Morgan fingerprint density at radius 2 is 1.89 bits per heavy atom. The fraction of sp³-hybridized carbons (Fsp3) is 0.467. The average Bonchev–Trinajstić information content (AvgIpc) is 2.38. The molecule has 0 N–H and O–H groups in total. The lowest BCUT2D eigenvalue weighted by Gasteiger charge is -2.12. The Hall–Kier alpha value is -1.84. The average molecular weight is 264 g/mol. The molecule has 19 heavy (non-hydrogen) atoms. The molecular formula is C15H20O4. The van der Waals surface area contributed by atoms with Crippen molar-refractivity contribution in [1.82, 2.24) is 0 Å². The molecule has 4 heteroatoms. The molecule has 0 spiro atoms. The summed E-state index contributed by atoms with van der Waals surface area (Å²) in [5.74, 6) is -0.300. The van der Waals surface area contributed by atoms with E-state index in [2.05, 4.69) is 0 Å². The lowest BCUT2D eigenvalue weighted by atomic mass is 10.0. The summed E-state index contributed by atoms with van der Waals surface area (Å²) < 4.78 is 10.1. The Morgan fingerprint density at radius 1 is 1.21 bits per heavy atom. The molecule has 0 heterocycles. The minimum Gasteiger partial charge on any atom is -0.462 e. The van der Waals surface area contributed by atoms with Crippen molar-refractivity contribution in [2.75, 3.05) is 6.61 Å². The van der Waals surface area contributed by atoms with Crippen LogP contribution in [-0.2, 0) is 9.53 Å². The van der Waals surface area contributed by atoms with Crippen LogP contribution in [0.2, 0.25) is 0 Å². The molecule has 0 amide bonds. The molecule has 0 bridgehead atoms. The second-order valence-corrected chi connectivity index (χ2v) is 4.46. The SMILES string of the molecule is CCOC(=O)c1cc(C(C)C)ccc1OC(=O)CC. The summed E-state index contributed by atoms with van der Waals surface area (Å²) in [6, 6.07) is 5.22. The smallest absolute Gasteiger partial charge is 0.341 e. The standard InChI is InChI=1S/C15H20O4/c1-5-14(16)19-13-8-7-11(10(3)4)9-12(13)15(17)18-6-2/h7-10H,5-6H2,1-4H3. The fourth-order valence-electron chi connectivity index (χ4n) is 1.56. The minimum absolute atomic E-state index is 0.258. The van der Waals surface area contributed by atoms with Crippen LogP contribution < -0.4 is 4.74 Å². The molecule has 1 rings (SSSR count). The van der Waals surface area contributed by atoms with Crippen molar-refractivity contribution in [2.45, 2.75) is 40.0 Å². The van der Waals surface area contributed by atoms with E-state index in [1.165, 1.54) is 0 Å². The number of rotatable bonds is 5. The van der Waals surface area contributed by atoms with Crippen LogP contribution in [-0.4, -0.2) is 18.5 Å². The predicted octanol–water partition coefficient (Wildman–Crippen LogP) is 3.30. The maximum Gasteiger partial charge on any atom is 0.341 e. The third kappa shape index (κ3) is 4.09. The van der Waals surface area contributed by atoms with Crippen molar-refractivity contribution < 1.29 is 19.1 Å². The summed E-state index contributed by atoms with van der Waals surface area (Å²) in [5.41, 5.74) is 1.30. The topological polar surface area (TPSA) is 52.6 Å². The lowest BCUT2D eigenvalue weighted by molar-refractivity contribution is -0.134. The van der Waals surface area contributed by atoms with E-state index in [-0.39, 0.29) is 30.7 Å².